The van der Waals surface area contributed by atoms with E-state index in [2.05, 4.69) is 16.8 Å². The van der Waals surface area contributed by atoms with Crippen LogP contribution in [-0.4, -0.2) is 59.3 Å². The van der Waals surface area contributed by atoms with Gasteiger partial charge in [-0.25, -0.2) is 9.59 Å². The Morgan fingerprint density at radius 3 is 2.07 bits per heavy atom. The van der Waals surface area contributed by atoms with E-state index >= 15 is 0 Å². The monoisotopic (exact) mass is 387 g/mol. The van der Waals surface area contributed by atoms with Crippen LogP contribution >= 0.6 is 0 Å². The molecule has 0 atom stereocenters. The molecule has 1 aromatic rings. The van der Waals surface area contributed by atoms with Crippen molar-refractivity contribution >= 4 is 12.2 Å². The Labute approximate surface area is 165 Å². The van der Waals surface area contributed by atoms with E-state index in [9.17, 15) is 14.7 Å². The van der Waals surface area contributed by atoms with Gasteiger partial charge >= 0.3 is 12.2 Å². The highest BCUT2D eigenvalue weighted by molar-refractivity contribution is 5.68. The highest BCUT2D eigenvalue weighted by Gasteiger charge is 2.18. The van der Waals surface area contributed by atoms with E-state index in [1.165, 1.54) is 16.0 Å². The number of aryl methyl sites for hydroxylation is 1. The molecule has 0 aliphatic heterocycles. The quantitative estimate of drug-likeness (QED) is 0.688. The Hall–Kier alpha value is -3.39. The molecular formula is C20H25N3O5. The number of hydrogen-bond acceptors (Lipinski definition) is 6. The van der Waals surface area contributed by atoms with Crippen molar-refractivity contribution in [3.63, 3.8) is 0 Å². The van der Waals surface area contributed by atoms with Gasteiger partial charge in [-0.2, -0.15) is 0 Å². The number of aromatic nitrogens is 1. The maximum Gasteiger partial charge on any atom is 0.409 e. The zero-order chi connectivity index (χ0) is 21.1. The molecule has 8 nitrogen and oxygen atoms in total. The first-order valence-corrected chi connectivity index (χ1v) is 8.60. The van der Waals surface area contributed by atoms with Crippen LogP contribution in [0, 0.1) is 31.6 Å². The van der Waals surface area contributed by atoms with Gasteiger partial charge in [0.1, 0.15) is 19.0 Å². The molecule has 0 bridgehead atoms. The van der Waals surface area contributed by atoms with Crippen LogP contribution in [0.2, 0.25) is 0 Å². The minimum atomic E-state index is -0.582. The summed E-state index contributed by atoms with van der Waals surface area (Å²) in [5, 5.41) is 10.3. The van der Waals surface area contributed by atoms with Gasteiger partial charge in [-0.15, -0.1) is 24.7 Å². The zero-order valence-corrected chi connectivity index (χ0v) is 16.4. The van der Waals surface area contributed by atoms with Crippen molar-refractivity contribution in [2.75, 3.05) is 27.2 Å². The number of ether oxygens (including phenoxy) is 2. The third-order valence-corrected chi connectivity index (χ3v) is 3.93. The summed E-state index contributed by atoms with van der Waals surface area (Å²) in [5.74, 6) is 4.77. The first-order valence-electron chi connectivity index (χ1n) is 8.60. The first kappa shape index (κ1) is 22.7. The fourth-order valence-electron chi connectivity index (χ4n) is 2.11. The Kier molecular flexibility index (Phi) is 9.18. The van der Waals surface area contributed by atoms with Gasteiger partial charge in [-0.3, -0.25) is 4.98 Å². The molecule has 1 N–H and O–H groups in total. The molecule has 1 heterocycles. The summed E-state index contributed by atoms with van der Waals surface area (Å²) in [4.78, 5) is 30.7. The highest BCUT2D eigenvalue weighted by Crippen LogP contribution is 2.25. The van der Waals surface area contributed by atoms with E-state index in [-0.39, 0.29) is 19.0 Å². The number of pyridine rings is 1. The Morgan fingerprint density at radius 1 is 1.07 bits per heavy atom. The minimum Gasteiger partial charge on any atom is -0.506 e. The predicted molar refractivity (Wildman–Crippen MR) is 103 cm³/mol. The number of hydrogen-bond donors (Lipinski definition) is 1. The molecule has 0 saturated heterocycles. The molecule has 0 spiro atoms. The van der Waals surface area contributed by atoms with Crippen molar-refractivity contribution < 1.29 is 24.2 Å². The Morgan fingerprint density at radius 2 is 1.57 bits per heavy atom. The summed E-state index contributed by atoms with van der Waals surface area (Å²) >= 11 is 0. The minimum absolute atomic E-state index is 0.117. The molecule has 0 saturated carbocycles. The number of aromatic hydroxyl groups is 1. The number of rotatable bonds is 8. The highest BCUT2D eigenvalue weighted by atomic mass is 16.6. The van der Waals surface area contributed by atoms with Gasteiger partial charge in [0.05, 0.1) is 5.69 Å². The van der Waals surface area contributed by atoms with Gasteiger partial charge in [0.2, 0.25) is 0 Å². The van der Waals surface area contributed by atoms with Gasteiger partial charge in [-0.05, 0) is 6.92 Å². The number of carbonyl (C=O) groups is 2. The lowest BCUT2D eigenvalue weighted by atomic mass is 10.1. The molecule has 0 aromatic carbocycles. The average Bonchev–Trinajstić information content (AvgIpc) is 2.69. The second-order valence-corrected chi connectivity index (χ2v) is 6.06. The molecule has 28 heavy (non-hydrogen) atoms. The van der Waals surface area contributed by atoms with E-state index in [4.69, 9.17) is 22.3 Å². The second-order valence-electron chi connectivity index (χ2n) is 6.06. The fourth-order valence-corrected chi connectivity index (χ4v) is 2.11. The third kappa shape index (κ3) is 6.73. The first-order chi connectivity index (χ1) is 13.3. The van der Waals surface area contributed by atoms with E-state index in [1.54, 1.807) is 21.0 Å². The maximum absolute atomic E-state index is 12.0. The van der Waals surface area contributed by atoms with E-state index < -0.39 is 12.2 Å². The molecule has 0 aliphatic carbocycles. The summed E-state index contributed by atoms with van der Waals surface area (Å²) in [5.41, 5.74) is 1.12. The largest absolute Gasteiger partial charge is 0.506 e. The Bertz CT molecular complexity index is 779. The van der Waals surface area contributed by atoms with Gasteiger partial charge in [0, 0.05) is 57.4 Å². The molecule has 0 aliphatic rings. The van der Waals surface area contributed by atoms with Crippen LogP contribution < -0.4 is 0 Å². The van der Waals surface area contributed by atoms with Crippen molar-refractivity contribution in [2.24, 2.45) is 0 Å². The molecule has 150 valence electrons. The van der Waals surface area contributed by atoms with Crippen LogP contribution in [0.4, 0.5) is 9.59 Å². The standard InChI is InChI=1S/C20H25N3O5/c1-6-8-10-22(4)19(25)27-13-16-12-21-15(3)18(24)17(16)14-28-20(26)23(5)11-9-7-2/h1-2,12,24H,8-11,13-14H2,3-5H3. The normalized spacial score (nSPS) is 9.75. The second kappa shape index (κ2) is 11.3. The number of nitrogens with zero attached hydrogens (tertiary/aromatic N) is 3. The van der Waals surface area contributed by atoms with Crippen molar-refractivity contribution in [1.29, 1.82) is 0 Å². The van der Waals surface area contributed by atoms with Crippen LogP contribution in [-0.2, 0) is 22.7 Å². The van der Waals surface area contributed by atoms with Gasteiger partial charge < -0.3 is 24.4 Å². The van der Waals surface area contributed by atoms with E-state index in [1.807, 2.05) is 0 Å². The molecular weight excluding hydrogens is 362 g/mol. The SMILES string of the molecule is C#CCCN(C)C(=O)OCc1cnc(C)c(O)c1COC(=O)N(C)CCC#C. The molecule has 0 fully saturated rings. The Balaban J connectivity index is 2.80. The number of carbonyl (C=O) groups excluding carboxylic acids is 2. The topological polar surface area (TPSA) is 92.2 Å². The van der Waals surface area contributed by atoms with Crippen molar-refractivity contribution in [3.05, 3.63) is 23.0 Å². The summed E-state index contributed by atoms with van der Waals surface area (Å²) < 4.78 is 10.5. The molecule has 0 unspecified atom stereocenters. The van der Waals surface area contributed by atoms with Crippen LogP contribution in [0.3, 0.4) is 0 Å². The average molecular weight is 387 g/mol. The van der Waals surface area contributed by atoms with Crippen molar-refractivity contribution in [1.82, 2.24) is 14.8 Å². The fraction of sp³-hybridized carbons (Fsp3) is 0.450. The molecule has 1 aromatic heterocycles. The molecule has 8 heteroatoms. The van der Waals surface area contributed by atoms with Crippen molar-refractivity contribution in [2.45, 2.75) is 33.0 Å². The molecule has 1 rings (SSSR count). The lowest BCUT2D eigenvalue weighted by Crippen LogP contribution is -2.29. The number of terminal acetylenes is 2. The lowest BCUT2D eigenvalue weighted by Gasteiger charge is -2.19. The summed E-state index contributed by atoms with van der Waals surface area (Å²) in [6, 6.07) is 0. The van der Waals surface area contributed by atoms with Crippen molar-refractivity contribution in [3.8, 4) is 30.4 Å². The van der Waals surface area contributed by atoms with E-state index in [0.29, 0.717) is 42.8 Å². The van der Waals surface area contributed by atoms with Gasteiger partial charge in [0.15, 0.2) is 0 Å². The zero-order valence-electron chi connectivity index (χ0n) is 16.4. The van der Waals surface area contributed by atoms with E-state index in [0.717, 1.165) is 0 Å². The van der Waals surface area contributed by atoms with Crippen LogP contribution in [0.5, 0.6) is 5.75 Å². The van der Waals surface area contributed by atoms with Gasteiger partial charge in [0.25, 0.3) is 0 Å². The lowest BCUT2D eigenvalue weighted by molar-refractivity contribution is 0.0975. The molecule has 0 radical (unpaired) electrons. The van der Waals surface area contributed by atoms with Gasteiger partial charge in [-0.1, -0.05) is 0 Å². The molecule has 2 amide bonds. The van der Waals surface area contributed by atoms with Crippen LogP contribution in [0.25, 0.3) is 0 Å². The maximum atomic E-state index is 12.0. The van der Waals surface area contributed by atoms with Crippen LogP contribution in [0.15, 0.2) is 6.20 Å². The summed E-state index contributed by atoms with van der Waals surface area (Å²) in [6.07, 6.45) is 11.5. The predicted octanol–water partition coefficient (Wildman–Crippen LogP) is 2.28. The number of amides is 2. The smallest absolute Gasteiger partial charge is 0.409 e. The summed E-state index contributed by atoms with van der Waals surface area (Å²) in [7, 11) is 3.13. The third-order valence-electron chi connectivity index (χ3n) is 3.93. The van der Waals surface area contributed by atoms with Crippen LogP contribution in [0.1, 0.15) is 29.7 Å². The summed E-state index contributed by atoms with van der Waals surface area (Å²) in [6.45, 7) is 1.99.